The van der Waals surface area contributed by atoms with Crippen molar-refractivity contribution < 1.29 is 14.4 Å². The van der Waals surface area contributed by atoms with E-state index in [0.29, 0.717) is 37.3 Å². The number of rotatable bonds is 5. The van der Waals surface area contributed by atoms with Gasteiger partial charge in [-0.25, -0.2) is 0 Å². The van der Waals surface area contributed by atoms with E-state index in [1.54, 1.807) is 4.90 Å². The first-order valence-corrected chi connectivity index (χ1v) is 8.60. The highest BCUT2D eigenvalue weighted by atomic mass is 16.5. The van der Waals surface area contributed by atoms with Crippen LogP contribution in [-0.2, 0) is 11.3 Å². The fraction of sp³-hybridized carbons (Fsp3) is 0.500. The molecule has 1 saturated heterocycles. The van der Waals surface area contributed by atoms with E-state index in [0.717, 1.165) is 18.7 Å². The van der Waals surface area contributed by atoms with Crippen LogP contribution in [0.4, 0.5) is 0 Å². The van der Waals surface area contributed by atoms with Gasteiger partial charge in [0.25, 0.3) is 0 Å². The minimum absolute atomic E-state index is 0.218. The number of hydrogen-bond acceptors (Lipinski definition) is 6. The minimum Gasteiger partial charge on any atom is -0.387 e. The summed E-state index contributed by atoms with van der Waals surface area (Å²) in [6.45, 7) is 7.14. The van der Waals surface area contributed by atoms with Gasteiger partial charge in [-0.05, 0) is 11.5 Å². The summed E-state index contributed by atoms with van der Waals surface area (Å²) >= 11 is 0. The zero-order chi connectivity index (χ0) is 17.8. The fourth-order valence-electron chi connectivity index (χ4n) is 2.90. The topological polar surface area (TPSA) is 82.7 Å². The van der Waals surface area contributed by atoms with Crippen LogP contribution in [0.15, 0.2) is 28.8 Å². The van der Waals surface area contributed by atoms with Crippen LogP contribution in [0.2, 0.25) is 0 Å². The maximum Gasteiger partial charge on any atom is 0.248 e. The molecule has 134 valence electrons. The molecule has 25 heavy (non-hydrogen) atoms. The third-order valence-electron chi connectivity index (χ3n) is 4.52. The first kappa shape index (κ1) is 17.6. The zero-order valence-electron chi connectivity index (χ0n) is 14.7. The molecule has 0 atom stereocenters. The maximum absolute atomic E-state index is 11.5. The summed E-state index contributed by atoms with van der Waals surface area (Å²) in [4.78, 5) is 19.8. The summed E-state index contributed by atoms with van der Waals surface area (Å²) in [5.41, 5.74) is 2.22. The highest BCUT2D eigenvalue weighted by molar-refractivity contribution is 5.77. The van der Waals surface area contributed by atoms with Gasteiger partial charge in [0.05, 0.1) is 6.54 Å². The molecule has 2 aromatic rings. The summed E-state index contributed by atoms with van der Waals surface area (Å²) in [6, 6.07) is 8.22. The Hall–Kier alpha value is -2.25. The molecule has 1 amide bonds. The van der Waals surface area contributed by atoms with Crippen molar-refractivity contribution in [2.75, 3.05) is 32.8 Å². The number of carbonyl (C=O) groups excluding carboxylic acids is 1. The highest BCUT2D eigenvalue weighted by Crippen LogP contribution is 2.21. The Morgan fingerprint density at radius 3 is 2.48 bits per heavy atom. The average molecular weight is 344 g/mol. The first-order valence-electron chi connectivity index (χ1n) is 8.60. The lowest BCUT2D eigenvalue weighted by atomic mass is 10.0. The van der Waals surface area contributed by atoms with Gasteiger partial charge in [-0.2, -0.15) is 4.98 Å². The normalized spacial score (nSPS) is 15.8. The minimum atomic E-state index is -0.428. The summed E-state index contributed by atoms with van der Waals surface area (Å²) < 4.78 is 5.37. The Labute approximate surface area is 147 Å². The van der Waals surface area contributed by atoms with Crippen molar-refractivity contribution in [3.05, 3.63) is 35.7 Å². The standard InChI is InChI=1S/C18H24N4O3/c1-13(2)14-3-5-15(6-4-14)18-19-16(25-20-18)11-21-7-9-22(10-8-21)17(24)12-23/h3-6,13,23H,7-12H2,1-2H3. The van der Waals surface area contributed by atoms with E-state index in [2.05, 4.69) is 41.0 Å². The van der Waals surface area contributed by atoms with E-state index < -0.39 is 6.61 Å². The summed E-state index contributed by atoms with van der Waals surface area (Å²) in [7, 11) is 0. The second kappa shape index (κ2) is 7.76. The molecule has 1 aliphatic rings. The van der Waals surface area contributed by atoms with E-state index >= 15 is 0 Å². The van der Waals surface area contributed by atoms with Gasteiger partial charge in [-0.1, -0.05) is 43.3 Å². The largest absolute Gasteiger partial charge is 0.387 e. The zero-order valence-corrected chi connectivity index (χ0v) is 14.7. The van der Waals surface area contributed by atoms with Crippen molar-refractivity contribution in [2.45, 2.75) is 26.3 Å². The monoisotopic (exact) mass is 344 g/mol. The Bertz CT molecular complexity index is 703. The Morgan fingerprint density at radius 1 is 1.20 bits per heavy atom. The predicted molar refractivity (Wildman–Crippen MR) is 92.8 cm³/mol. The lowest BCUT2D eigenvalue weighted by Crippen LogP contribution is -2.49. The number of aliphatic hydroxyl groups is 1. The van der Waals surface area contributed by atoms with Crippen LogP contribution < -0.4 is 0 Å². The van der Waals surface area contributed by atoms with Crippen molar-refractivity contribution in [1.82, 2.24) is 19.9 Å². The van der Waals surface area contributed by atoms with Gasteiger partial charge < -0.3 is 14.5 Å². The van der Waals surface area contributed by atoms with Crippen LogP contribution in [0.5, 0.6) is 0 Å². The van der Waals surface area contributed by atoms with Gasteiger partial charge in [-0.15, -0.1) is 0 Å². The molecular formula is C18H24N4O3. The molecule has 0 unspecified atom stereocenters. The Balaban J connectivity index is 1.58. The average Bonchev–Trinajstić information content (AvgIpc) is 3.10. The molecule has 0 aliphatic carbocycles. The molecule has 7 heteroatoms. The number of hydrogen-bond donors (Lipinski definition) is 1. The van der Waals surface area contributed by atoms with Crippen LogP contribution in [0, 0.1) is 0 Å². The smallest absolute Gasteiger partial charge is 0.248 e. The molecule has 1 fully saturated rings. The predicted octanol–water partition coefficient (Wildman–Crippen LogP) is 1.50. The van der Waals surface area contributed by atoms with E-state index in [1.165, 1.54) is 5.56 Å². The molecule has 7 nitrogen and oxygen atoms in total. The second-order valence-electron chi connectivity index (χ2n) is 6.60. The molecule has 0 bridgehead atoms. The van der Waals surface area contributed by atoms with Crippen molar-refractivity contribution >= 4 is 5.91 Å². The van der Waals surface area contributed by atoms with Crippen molar-refractivity contribution in [3.8, 4) is 11.4 Å². The number of nitrogens with zero attached hydrogens (tertiary/aromatic N) is 4. The van der Waals surface area contributed by atoms with Gasteiger partial charge >= 0.3 is 0 Å². The molecule has 0 spiro atoms. The lowest BCUT2D eigenvalue weighted by molar-refractivity contribution is -0.136. The van der Waals surface area contributed by atoms with E-state index in [4.69, 9.17) is 9.63 Å². The number of aliphatic hydroxyl groups excluding tert-OH is 1. The van der Waals surface area contributed by atoms with Gasteiger partial charge in [-0.3, -0.25) is 9.69 Å². The number of amides is 1. The van der Waals surface area contributed by atoms with E-state index in [-0.39, 0.29) is 5.91 Å². The van der Waals surface area contributed by atoms with Gasteiger partial charge in [0.15, 0.2) is 0 Å². The second-order valence-corrected chi connectivity index (χ2v) is 6.60. The van der Waals surface area contributed by atoms with E-state index in [1.807, 2.05) is 12.1 Å². The fourth-order valence-corrected chi connectivity index (χ4v) is 2.90. The van der Waals surface area contributed by atoms with Crippen molar-refractivity contribution in [2.24, 2.45) is 0 Å². The first-order chi connectivity index (χ1) is 12.1. The van der Waals surface area contributed by atoms with Crippen molar-refractivity contribution in [3.63, 3.8) is 0 Å². The highest BCUT2D eigenvalue weighted by Gasteiger charge is 2.22. The van der Waals surface area contributed by atoms with Crippen molar-refractivity contribution in [1.29, 1.82) is 0 Å². The molecule has 2 heterocycles. The van der Waals surface area contributed by atoms with Crippen LogP contribution in [0.25, 0.3) is 11.4 Å². The molecule has 1 aliphatic heterocycles. The Morgan fingerprint density at radius 2 is 1.88 bits per heavy atom. The van der Waals surface area contributed by atoms with Crippen LogP contribution in [0.1, 0.15) is 31.2 Å². The summed E-state index contributed by atoms with van der Waals surface area (Å²) in [6.07, 6.45) is 0. The molecular weight excluding hydrogens is 320 g/mol. The van der Waals surface area contributed by atoms with Crippen LogP contribution >= 0.6 is 0 Å². The van der Waals surface area contributed by atoms with Gasteiger partial charge in [0.1, 0.15) is 6.61 Å². The number of carbonyl (C=O) groups is 1. The molecule has 0 radical (unpaired) electrons. The summed E-state index contributed by atoms with van der Waals surface area (Å²) in [5.74, 6) is 1.44. The number of aromatic nitrogens is 2. The molecule has 1 aromatic heterocycles. The van der Waals surface area contributed by atoms with Crippen LogP contribution in [-0.4, -0.2) is 63.7 Å². The quantitative estimate of drug-likeness (QED) is 0.885. The van der Waals surface area contributed by atoms with Crippen LogP contribution in [0.3, 0.4) is 0 Å². The summed E-state index contributed by atoms with van der Waals surface area (Å²) in [5, 5.41) is 13.0. The van der Waals surface area contributed by atoms with Gasteiger partial charge in [0.2, 0.25) is 17.6 Å². The lowest BCUT2D eigenvalue weighted by Gasteiger charge is -2.33. The third kappa shape index (κ3) is 4.24. The maximum atomic E-state index is 11.5. The molecule has 1 aromatic carbocycles. The molecule has 3 rings (SSSR count). The number of piperazine rings is 1. The van der Waals surface area contributed by atoms with E-state index in [9.17, 15) is 4.79 Å². The Kier molecular flexibility index (Phi) is 5.45. The molecule has 0 saturated carbocycles. The number of benzene rings is 1. The van der Waals surface area contributed by atoms with Gasteiger partial charge in [0, 0.05) is 31.7 Å². The third-order valence-corrected chi connectivity index (χ3v) is 4.52. The molecule has 1 N–H and O–H groups in total. The SMILES string of the molecule is CC(C)c1ccc(-c2noc(CN3CCN(C(=O)CO)CC3)n2)cc1.